The highest BCUT2D eigenvalue weighted by Gasteiger charge is 2.25. The minimum absolute atomic E-state index is 0.272. The number of fused-ring (bicyclic) bond motifs is 1. The van der Waals surface area contributed by atoms with Crippen LogP contribution in [0, 0.1) is 0 Å². The number of nitrogens with zero attached hydrogens (tertiary/aromatic N) is 2. The van der Waals surface area contributed by atoms with Crippen LogP contribution in [-0.4, -0.2) is 54.5 Å². The van der Waals surface area contributed by atoms with E-state index in [0.717, 1.165) is 39.1 Å². The first-order chi connectivity index (χ1) is 9.74. The second kappa shape index (κ2) is 5.94. The largest absolute Gasteiger partial charge is 0.337 e. The molecule has 0 radical (unpaired) electrons. The second-order valence-electron chi connectivity index (χ2n) is 5.86. The predicted molar refractivity (Wildman–Crippen MR) is 79.5 cm³/mol. The van der Waals surface area contributed by atoms with Crippen LogP contribution in [0.5, 0.6) is 0 Å². The van der Waals surface area contributed by atoms with E-state index in [1.54, 1.807) is 0 Å². The quantitative estimate of drug-likeness (QED) is 0.868. The van der Waals surface area contributed by atoms with E-state index in [0.29, 0.717) is 12.6 Å². The van der Waals surface area contributed by atoms with E-state index in [1.807, 2.05) is 4.90 Å². The second-order valence-corrected chi connectivity index (χ2v) is 5.86. The van der Waals surface area contributed by atoms with Gasteiger partial charge in [-0.3, -0.25) is 9.69 Å². The molecule has 0 aliphatic carbocycles. The molecule has 0 bridgehead atoms. The minimum Gasteiger partial charge on any atom is -0.337 e. The van der Waals surface area contributed by atoms with Gasteiger partial charge < -0.3 is 10.2 Å². The van der Waals surface area contributed by atoms with Gasteiger partial charge >= 0.3 is 0 Å². The van der Waals surface area contributed by atoms with Crippen LogP contribution >= 0.6 is 0 Å². The van der Waals surface area contributed by atoms with Crippen LogP contribution in [0.1, 0.15) is 18.1 Å². The van der Waals surface area contributed by atoms with Crippen LogP contribution in [0.2, 0.25) is 0 Å². The van der Waals surface area contributed by atoms with E-state index in [1.165, 1.54) is 11.1 Å². The molecule has 1 saturated heterocycles. The molecular weight excluding hydrogens is 250 g/mol. The Labute approximate surface area is 120 Å². The maximum Gasteiger partial charge on any atom is 0.237 e. The third kappa shape index (κ3) is 2.86. The van der Waals surface area contributed by atoms with Gasteiger partial charge in [0.05, 0.1) is 6.54 Å². The summed E-state index contributed by atoms with van der Waals surface area (Å²) in [6.45, 7) is 7.32. The Kier molecular flexibility index (Phi) is 4.03. The van der Waals surface area contributed by atoms with Crippen molar-refractivity contribution in [2.45, 2.75) is 25.9 Å². The van der Waals surface area contributed by atoms with Gasteiger partial charge in [-0.1, -0.05) is 24.3 Å². The summed E-state index contributed by atoms with van der Waals surface area (Å²) < 4.78 is 0. The molecule has 0 saturated carbocycles. The van der Waals surface area contributed by atoms with E-state index in [4.69, 9.17) is 0 Å². The fourth-order valence-electron chi connectivity index (χ4n) is 3.10. The van der Waals surface area contributed by atoms with Crippen molar-refractivity contribution in [3.8, 4) is 0 Å². The lowest BCUT2D eigenvalue weighted by Gasteiger charge is -2.36. The summed E-state index contributed by atoms with van der Waals surface area (Å²) in [5.74, 6) is 0.272. The van der Waals surface area contributed by atoms with Gasteiger partial charge in [0.1, 0.15) is 0 Å². The summed E-state index contributed by atoms with van der Waals surface area (Å²) in [4.78, 5) is 16.8. The molecule has 3 rings (SSSR count). The lowest BCUT2D eigenvalue weighted by molar-refractivity contribution is -0.134. The smallest absolute Gasteiger partial charge is 0.237 e. The van der Waals surface area contributed by atoms with E-state index < -0.39 is 0 Å². The number of rotatable bonds is 2. The Hall–Kier alpha value is -1.39. The van der Waals surface area contributed by atoms with Gasteiger partial charge in [-0.2, -0.15) is 0 Å². The summed E-state index contributed by atoms with van der Waals surface area (Å²) in [6.07, 6.45) is 0.985. The average Bonchev–Trinajstić information content (AvgIpc) is 2.49. The normalized spacial score (nSPS) is 23.4. The number of nitrogens with one attached hydrogen (secondary N) is 1. The molecular formula is C16H23N3O. The van der Waals surface area contributed by atoms with Gasteiger partial charge in [-0.25, -0.2) is 0 Å². The molecule has 1 atom stereocenters. The van der Waals surface area contributed by atoms with Crippen LogP contribution in [0.25, 0.3) is 0 Å². The maximum atomic E-state index is 12.5. The predicted octanol–water partition coefficient (Wildman–Crippen LogP) is 0.865. The van der Waals surface area contributed by atoms with Crippen LogP contribution in [0.3, 0.4) is 0 Å². The third-order valence-electron chi connectivity index (χ3n) is 4.46. The van der Waals surface area contributed by atoms with Crippen molar-refractivity contribution in [1.29, 1.82) is 0 Å². The summed E-state index contributed by atoms with van der Waals surface area (Å²) >= 11 is 0. The van der Waals surface area contributed by atoms with Gasteiger partial charge in [-0.05, 0) is 24.5 Å². The Morgan fingerprint density at radius 1 is 1.30 bits per heavy atom. The molecule has 0 unspecified atom stereocenters. The SMILES string of the molecule is C[C@@H]1CNCCN1CC(=O)N1CCc2ccccc2C1. The Morgan fingerprint density at radius 3 is 2.90 bits per heavy atom. The van der Waals surface area contributed by atoms with Gasteiger partial charge in [0, 0.05) is 38.8 Å². The molecule has 20 heavy (non-hydrogen) atoms. The Balaban J connectivity index is 1.61. The van der Waals surface area contributed by atoms with Gasteiger partial charge in [0.25, 0.3) is 0 Å². The molecule has 2 aliphatic rings. The van der Waals surface area contributed by atoms with Crippen molar-refractivity contribution in [3.05, 3.63) is 35.4 Å². The fraction of sp³-hybridized carbons (Fsp3) is 0.562. The molecule has 4 nitrogen and oxygen atoms in total. The van der Waals surface area contributed by atoms with Gasteiger partial charge in [-0.15, -0.1) is 0 Å². The molecule has 0 spiro atoms. The van der Waals surface area contributed by atoms with Crippen molar-refractivity contribution in [1.82, 2.24) is 15.1 Å². The number of benzene rings is 1. The lowest BCUT2D eigenvalue weighted by Crippen LogP contribution is -2.53. The average molecular weight is 273 g/mol. The first kappa shape index (κ1) is 13.6. The monoisotopic (exact) mass is 273 g/mol. The van der Waals surface area contributed by atoms with Crippen LogP contribution in [0.15, 0.2) is 24.3 Å². The van der Waals surface area contributed by atoms with Crippen molar-refractivity contribution in [2.24, 2.45) is 0 Å². The molecule has 1 N–H and O–H groups in total. The van der Waals surface area contributed by atoms with Crippen LogP contribution in [0.4, 0.5) is 0 Å². The number of piperazine rings is 1. The van der Waals surface area contributed by atoms with E-state index in [9.17, 15) is 4.79 Å². The standard InChI is InChI=1S/C16H23N3O/c1-13-10-17-7-9-18(13)12-16(20)19-8-6-14-4-2-3-5-15(14)11-19/h2-5,13,17H,6-12H2,1H3/t13-/m1/s1. The number of amides is 1. The zero-order valence-electron chi connectivity index (χ0n) is 12.1. The lowest BCUT2D eigenvalue weighted by atomic mass is 10.00. The zero-order chi connectivity index (χ0) is 13.9. The van der Waals surface area contributed by atoms with Crippen LogP contribution < -0.4 is 5.32 Å². The Bertz CT molecular complexity index is 488. The zero-order valence-corrected chi connectivity index (χ0v) is 12.1. The van der Waals surface area contributed by atoms with E-state index >= 15 is 0 Å². The summed E-state index contributed by atoms with van der Waals surface area (Å²) in [6, 6.07) is 8.91. The van der Waals surface area contributed by atoms with Gasteiger partial charge in [0.2, 0.25) is 5.91 Å². The molecule has 108 valence electrons. The van der Waals surface area contributed by atoms with Crippen molar-refractivity contribution >= 4 is 5.91 Å². The summed E-state index contributed by atoms with van der Waals surface area (Å²) in [7, 11) is 0. The molecule has 1 aromatic carbocycles. The fourth-order valence-corrected chi connectivity index (χ4v) is 3.10. The summed E-state index contributed by atoms with van der Waals surface area (Å²) in [5.41, 5.74) is 2.70. The third-order valence-corrected chi connectivity index (χ3v) is 4.46. The summed E-state index contributed by atoms with van der Waals surface area (Å²) in [5, 5.41) is 3.36. The first-order valence-corrected chi connectivity index (χ1v) is 7.53. The van der Waals surface area contributed by atoms with E-state index in [-0.39, 0.29) is 5.91 Å². The molecule has 0 aromatic heterocycles. The highest BCUT2D eigenvalue weighted by atomic mass is 16.2. The molecule has 1 fully saturated rings. The number of carbonyl (C=O) groups excluding carboxylic acids is 1. The van der Waals surface area contributed by atoms with E-state index in [2.05, 4.69) is 41.4 Å². The number of hydrogen-bond acceptors (Lipinski definition) is 3. The molecule has 1 aromatic rings. The maximum absolute atomic E-state index is 12.5. The number of hydrogen-bond donors (Lipinski definition) is 1. The highest BCUT2D eigenvalue weighted by Crippen LogP contribution is 2.18. The van der Waals surface area contributed by atoms with Crippen molar-refractivity contribution in [3.63, 3.8) is 0 Å². The molecule has 4 heteroatoms. The highest BCUT2D eigenvalue weighted by molar-refractivity contribution is 5.78. The Morgan fingerprint density at radius 2 is 2.10 bits per heavy atom. The molecule has 2 heterocycles. The van der Waals surface area contributed by atoms with Crippen molar-refractivity contribution in [2.75, 3.05) is 32.7 Å². The first-order valence-electron chi connectivity index (χ1n) is 7.53. The molecule has 2 aliphatic heterocycles. The number of carbonyl (C=O) groups is 1. The molecule has 1 amide bonds. The topological polar surface area (TPSA) is 35.6 Å². The minimum atomic E-state index is 0.272. The van der Waals surface area contributed by atoms with Crippen molar-refractivity contribution < 1.29 is 4.79 Å². The van der Waals surface area contributed by atoms with Crippen LogP contribution in [-0.2, 0) is 17.8 Å². The van der Waals surface area contributed by atoms with Gasteiger partial charge in [0.15, 0.2) is 0 Å².